The van der Waals surface area contributed by atoms with Gasteiger partial charge in [-0.1, -0.05) is 20.8 Å². The monoisotopic (exact) mass is 247 g/mol. The molecule has 0 aromatic heterocycles. The first-order valence-corrected chi connectivity index (χ1v) is 7.60. The molecule has 1 aliphatic rings. The lowest BCUT2D eigenvalue weighted by atomic mass is 9.89. The van der Waals surface area contributed by atoms with Gasteiger partial charge in [-0.3, -0.25) is 4.79 Å². The quantitative estimate of drug-likeness (QED) is 0.812. The summed E-state index contributed by atoms with van der Waals surface area (Å²) in [6.45, 7) is 5.79. The molecule has 1 saturated heterocycles. The van der Waals surface area contributed by atoms with Crippen molar-refractivity contribution in [2.45, 2.75) is 46.1 Å². The van der Waals surface area contributed by atoms with E-state index in [9.17, 15) is 13.2 Å². The summed E-state index contributed by atoms with van der Waals surface area (Å²) in [5.41, 5.74) is -0.365. The highest BCUT2D eigenvalue weighted by Crippen LogP contribution is 2.21. The van der Waals surface area contributed by atoms with Crippen LogP contribution in [-0.4, -0.2) is 31.9 Å². The standard InChI is InChI=1S/C11H21NO3S/c1-4-11(2,3)10(13)12-9-5-7-16(14,15)8-6-9/h9H,4-8H2,1-3H3,(H,12,13). The lowest BCUT2D eigenvalue weighted by molar-refractivity contribution is -0.130. The normalized spacial score (nSPS) is 21.7. The van der Waals surface area contributed by atoms with Crippen LogP contribution in [0.4, 0.5) is 0 Å². The number of hydrogen-bond acceptors (Lipinski definition) is 3. The van der Waals surface area contributed by atoms with E-state index in [0.717, 1.165) is 6.42 Å². The smallest absolute Gasteiger partial charge is 0.225 e. The lowest BCUT2D eigenvalue weighted by Gasteiger charge is -2.28. The fourth-order valence-corrected chi connectivity index (χ4v) is 3.07. The van der Waals surface area contributed by atoms with Gasteiger partial charge in [0.1, 0.15) is 9.84 Å². The van der Waals surface area contributed by atoms with E-state index in [-0.39, 0.29) is 28.9 Å². The average Bonchev–Trinajstić information content (AvgIpc) is 2.21. The van der Waals surface area contributed by atoms with Crippen LogP contribution in [0.1, 0.15) is 40.0 Å². The van der Waals surface area contributed by atoms with Crippen LogP contribution in [0.3, 0.4) is 0 Å². The molecule has 1 amide bonds. The summed E-state index contributed by atoms with van der Waals surface area (Å²) in [5, 5.41) is 2.94. The second-order valence-electron chi connectivity index (χ2n) is 5.14. The first-order valence-electron chi connectivity index (χ1n) is 5.78. The highest BCUT2D eigenvalue weighted by molar-refractivity contribution is 7.91. The summed E-state index contributed by atoms with van der Waals surface area (Å²) in [7, 11) is -2.84. The summed E-state index contributed by atoms with van der Waals surface area (Å²) in [4.78, 5) is 11.9. The number of rotatable bonds is 3. The fraction of sp³-hybridized carbons (Fsp3) is 0.909. The van der Waals surface area contributed by atoms with Crippen LogP contribution >= 0.6 is 0 Å². The van der Waals surface area contributed by atoms with Gasteiger partial charge in [-0.05, 0) is 19.3 Å². The van der Waals surface area contributed by atoms with Gasteiger partial charge in [-0.15, -0.1) is 0 Å². The third kappa shape index (κ3) is 3.47. The van der Waals surface area contributed by atoms with Gasteiger partial charge in [-0.2, -0.15) is 0 Å². The van der Waals surface area contributed by atoms with E-state index >= 15 is 0 Å². The Hall–Kier alpha value is -0.580. The molecule has 0 aromatic carbocycles. The van der Waals surface area contributed by atoms with Crippen LogP contribution in [-0.2, 0) is 14.6 Å². The molecular formula is C11H21NO3S. The Kier molecular flexibility index (Phi) is 3.99. The lowest BCUT2D eigenvalue weighted by Crippen LogP contribution is -2.46. The first kappa shape index (κ1) is 13.5. The third-order valence-electron chi connectivity index (χ3n) is 3.39. The zero-order valence-electron chi connectivity index (χ0n) is 10.2. The maximum atomic E-state index is 11.9. The van der Waals surface area contributed by atoms with Gasteiger partial charge < -0.3 is 5.32 Å². The molecule has 0 aliphatic carbocycles. The Morgan fingerprint density at radius 2 is 1.81 bits per heavy atom. The number of carbonyl (C=O) groups excluding carboxylic acids is 1. The zero-order chi connectivity index (χ0) is 12.4. The van der Waals surface area contributed by atoms with Crippen molar-refractivity contribution in [3.63, 3.8) is 0 Å². The molecule has 1 rings (SSSR count). The van der Waals surface area contributed by atoms with E-state index in [4.69, 9.17) is 0 Å². The van der Waals surface area contributed by atoms with Crippen molar-refractivity contribution in [1.29, 1.82) is 0 Å². The molecule has 0 spiro atoms. The van der Waals surface area contributed by atoms with Crippen LogP contribution in [0, 0.1) is 5.41 Å². The van der Waals surface area contributed by atoms with Crippen LogP contribution in [0.15, 0.2) is 0 Å². The van der Waals surface area contributed by atoms with Crippen LogP contribution in [0.5, 0.6) is 0 Å². The molecule has 0 unspecified atom stereocenters. The number of amides is 1. The van der Waals surface area contributed by atoms with Gasteiger partial charge in [0.2, 0.25) is 5.91 Å². The molecule has 1 heterocycles. The molecule has 1 N–H and O–H groups in total. The largest absolute Gasteiger partial charge is 0.353 e. The summed E-state index contributed by atoms with van der Waals surface area (Å²) in [6.07, 6.45) is 1.88. The van der Waals surface area contributed by atoms with Crippen molar-refractivity contribution < 1.29 is 13.2 Å². The molecule has 16 heavy (non-hydrogen) atoms. The summed E-state index contributed by atoms with van der Waals surface area (Å²) < 4.78 is 22.4. The van der Waals surface area contributed by atoms with Crippen molar-refractivity contribution >= 4 is 15.7 Å². The molecule has 0 bridgehead atoms. The van der Waals surface area contributed by atoms with E-state index in [1.165, 1.54) is 0 Å². The van der Waals surface area contributed by atoms with Gasteiger partial charge >= 0.3 is 0 Å². The molecule has 4 nitrogen and oxygen atoms in total. The summed E-state index contributed by atoms with van der Waals surface area (Å²) in [5.74, 6) is 0.425. The maximum absolute atomic E-state index is 11.9. The Bertz CT molecular complexity index is 345. The van der Waals surface area contributed by atoms with Crippen molar-refractivity contribution in [2.75, 3.05) is 11.5 Å². The number of hydrogen-bond donors (Lipinski definition) is 1. The van der Waals surface area contributed by atoms with Crippen LogP contribution < -0.4 is 5.32 Å². The number of nitrogens with one attached hydrogen (secondary N) is 1. The molecular weight excluding hydrogens is 226 g/mol. The topological polar surface area (TPSA) is 63.2 Å². The minimum absolute atomic E-state index is 0.0271. The minimum Gasteiger partial charge on any atom is -0.353 e. The second-order valence-corrected chi connectivity index (χ2v) is 7.44. The van der Waals surface area contributed by atoms with Crippen molar-refractivity contribution in [3.8, 4) is 0 Å². The Morgan fingerprint density at radius 3 is 2.25 bits per heavy atom. The summed E-state index contributed by atoms with van der Waals surface area (Å²) >= 11 is 0. The molecule has 5 heteroatoms. The Balaban J connectivity index is 2.49. The molecule has 94 valence electrons. The first-order chi connectivity index (χ1) is 7.27. The van der Waals surface area contributed by atoms with Crippen molar-refractivity contribution in [1.82, 2.24) is 5.32 Å². The molecule has 0 radical (unpaired) electrons. The van der Waals surface area contributed by atoms with Gasteiger partial charge in [0.05, 0.1) is 11.5 Å². The summed E-state index contributed by atoms with van der Waals surface area (Å²) in [6, 6.07) is 0.0295. The highest BCUT2D eigenvalue weighted by atomic mass is 32.2. The van der Waals surface area contributed by atoms with Crippen LogP contribution in [0.25, 0.3) is 0 Å². The van der Waals surface area contributed by atoms with E-state index < -0.39 is 9.84 Å². The van der Waals surface area contributed by atoms with Gasteiger partial charge in [0.15, 0.2) is 0 Å². The van der Waals surface area contributed by atoms with E-state index in [0.29, 0.717) is 12.8 Å². The zero-order valence-corrected chi connectivity index (χ0v) is 11.1. The van der Waals surface area contributed by atoms with E-state index in [1.54, 1.807) is 0 Å². The van der Waals surface area contributed by atoms with E-state index in [2.05, 4.69) is 5.32 Å². The van der Waals surface area contributed by atoms with E-state index in [1.807, 2.05) is 20.8 Å². The Morgan fingerprint density at radius 1 is 1.31 bits per heavy atom. The SMILES string of the molecule is CCC(C)(C)C(=O)NC1CCS(=O)(=O)CC1. The molecule has 0 aromatic rings. The van der Waals surface area contributed by atoms with Crippen LogP contribution in [0.2, 0.25) is 0 Å². The van der Waals surface area contributed by atoms with Gasteiger partial charge in [-0.25, -0.2) is 8.42 Å². The predicted octanol–water partition coefficient (Wildman–Crippen LogP) is 1.12. The molecule has 1 aliphatic heterocycles. The predicted molar refractivity (Wildman–Crippen MR) is 63.9 cm³/mol. The number of sulfone groups is 1. The van der Waals surface area contributed by atoms with Gasteiger partial charge in [0.25, 0.3) is 0 Å². The average molecular weight is 247 g/mol. The Labute approximate surface area is 97.7 Å². The van der Waals surface area contributed by atoms with Crippen molar-refractivity contribution in [2.24, 2.45) is 5.41 Å². The molecule has 0 atom stereocenters. The fourth-order valence-electron chi connectivity index (χ4n) is 1.58. The highest BCUT2D eigenvalue weighted by Gasteiger charge is 2.30. The van der Waals surface area contributed by atoms with Gasteiger partial charge in [0, 0.05) is 11.5 Å². The third-order valence-corrected chi connectivity index (χ3v) is 5.10. The molecule has 0 saturated carbocycles. The second kappa shape index (κ2) is 4.73. The number of carbonyl (C=O) groups is 1. The maximum Gasteiger partial charge on any atom is 0.225 e. The molecule has 1 fully saturated rings. The van der Waals surface area contributed by atoms with Crippen molar-refractivity contribution in [3.05, 3.63) is 0 Å². The minimum atomic E-state index is -2.84.